The second-order valence-corrected chi connectivity index (χ2v) is 8.40. The first kappa shape index (κ1) is 20.1. The minimum absolute atomic E-state index is 0.0418. The maximum atomic E-state index is 13.1. The molecule has 1 unspecified atom stereocenters. The van der Waals surface area contributed by atoms with Crippen molar-refractivity contribution in [3.63, 3.8) is 0 Å². The molecule has 0 bridgehead atoms. The highest BCUT2D eigenvalue weighted by Crippen LogP contribution is 2.60. The summed E-state index contributed by atoms with van der Waals surface area (Å²) in [7, 11) is -0.913. The molecule has 0 amide bonds. The lowest BCUT2D eigenvalue weighted by molar-refractivity contribution is -0.384. The Labute approximate surface area is 153 Å². The van der Waals surface area contributed by atoms with Crippen molar-refractivity contribution in [3.05, 3.63) is 68.8 Å². The summed E-state index contributed by atoms with van der Waals surface area (Å²) in [5, 5.41) is 14.2. The van der Waals surface area contributed by atoms with Gasteiger partial charge in [0.2, 0.25) is 0 Å². The standard InChI is InChI=1S/C18H23N2O5P/c1-12-10-13(2)17(14(3)11-12)19-18(26(23,24-4)25-5)15-6-8-16(9-7-15)20(21)22/h6-11,18-19H,1-5H3. The predicted octanol–water partition coefficient (Wildman–Crippen LogP) is 5.12. The second kappa shape index (κ2) is 7.99. The zero-order valence-electron chi connectivity index (χ0n) is 15.5. The number of rotatable bonds is 7. The van der Waals surface area contributed by atoms with E-state index < -0.39 is 18.3 Å². The quantitative estimate of drug-likeness (QED) is 0.409. The molecule has 140 valence electrons. The van der Waals surface area contributed by atoms with Gasteiger partial charge in [-0.05, 0) is 49.6 Å². The Hall–Kier alpha value is -2.21. The van der Waals surface area contributed by atoms with Crippen LogP contribution in [0.5, 0.6) is 0 Å². The van der Waals surface area contributed by atoms with E-state index in [9.17, 15) is 14.7 Å². The lowest BCUT2D eigenvalue weighted by atomic mass is 10.0. The van der Waals surface area contributed by atoms with E-state index in [1.807, 2.05) is 32.9 Å². The number of hydrogen-bond donors (Lipinski definition) is 1. The summed E-state index contributed by atoms with van der Waals surface area (Å²) in [6.45, 7) is 5.92. The number of nitrogens with zero attached hydrogens (tertiary/aromatic N) is 1. The van der Waals surface area contributed by atoms with E-state index in [1.165, 1.54) is 26.4 Å². The molecule has 26 heavy (non-hydrogen) atoms. The molecule has 0 aliphatic rings. The number of benzene rings is 2. The summed E-state index contributed by atoms with van der Waals surface area (Å²) < 4.78 is 23.5. The van der Waals surface area contributed by atoms with Crippen molar-refractivity contribution in [1.82, 2.24) is 0 Å². The summed E-state index contributed by atoms with van der Waals surface area (Å²) in [4.78, 5) is 10.4. The molecule has 8 heteroatoms. The number of nitro groups is 1. The molecular formula is C18H23N2O5P. The van der Waals surface area contributed by atoms with Crippen LogP contribution in [-0.2, 0) is 13.6 Å². The van der Waals surface area contributed by atoms with Crippen molar-refractivity contribution in [3.8, 4) is 0 Å². The molecule has 2 aromatic rings. The molecule has 0 aliphatic carbocycles. The summed E-state index contributed by atoms with van der Waals surface area (Å²) in [5.74, 6) is -0.807. The van der Waals surface area contributed by atoms with Crippen LogP contribution >= 0.6 is 7.60 Å². The van der Waals surface area contributed by atoms with Gasteiger partial charge in [-0.25, -0.2) is 0 Å². The number of aryl methyl sites for hydroxylation is 3. The van der Waals surface area contributed by atoms with Crippen LogP contribution in [0.15, 0.2) is 36.4 Å². The minimum atomic E-state index is -3.55. The first-order valence-electron chi connectivity index (χ1n) is 8.01. The van der Waals surface area contributed by atoms with Crippen molar-refractivity contribution in [2.24, 2.45) is 0 Å². The van der Waals surface area contributed by atoms with Crippen LogP contribution < -0.4 is 5.32 Å². The Bertz CT molecular complexity index is 820. The van der Waals surface area contributed by atoms with Gasteiger partial charge in [0.1, 0.15) is 0 Å². The molecule has 7 nitrogen and oxygen atoms in total. The van der Waals surface area contributed by atoms with E-state index in [4.69, 9.17) is 9.05 Å². The summed E-state index contributed by atoms with van der Waals surface area (Å²) in [5.41, 5.74) is 4.47. The lowest BCUT2D eigenvalue weighted by Gasteiger charge is -2.28. The fourth-order valence-corrected chi connectivity index (χ4v) is 4.35. The van der Waals surface area contributed by atoms with Crippen molar-refractivity contribution < 1.29 is 18.5 Å². The van der Waals surface area contributed by atoms with Gasteiger partial charge in [0, 0.05) is 32.0 Å². The first-order valence-corrected chi connectivity index (χ1v) is 9.63. The van der Waals surface area contributed by atoms with E-state index in [-0.39, 0.29) is 5.69 Å². The number of anilines is 1. The van der Waals surface area contributed by atoms with E-state index in [2.05, 4.69) is 5.32 Å². The average Bonchev–Trinajstić information content (AvgIpc) is 2.60. The highest BCUT2D eigenvalue weighted by Gasteiger charge is 2.36. The third-order valence-electron chi connectivity index (χ3n) is 4.20. The van der Waals surface area contributed by atoms with Gasteiger partial charge < -0.3 is 14.4 Å². The van der Waals surface area contributed by atoms with E-state index in [0.29, 0.717) is 5.56 Å². The van der Waals surface area contributed by atoms with Crippen LogP contribution in [0.4, 0.5) is 11.4 Å². The Balaban J connectivity index is 2.52. The lowest BCUT2D eigenvalue weighted by Crippen LogP contribution is -2.15. The summed E-state index contributed by atoms with van der Waals surface area (Å²) >= 11 is 0. The highest BCUT2D eigenvalue weighted by molar-refractivity contribution is 7.54. The molecule has 0 heterocycles. The smallest absolute Gasteiger partial charge is 0.356 e. The molecule has 0 spiro atoms. The monoisotopic (exact) mass is 378 g/mol. The Kier molecular flexibility index (Phi) is 6.18. The molecule has 0 saturated heterocycles. The SMILES string of the molecule is COP(=O)(OC)C(Nc1c(C)cc(C)cc1C)c1ccc([N+](=O)[O-])cc1. The van der Waals surface area contributed by atoms with E-state index >= 15 is 0 Å². The van der Waals surface area contributed by atoms with Crippen molar-refractivity contribution in [1.29, 1.82) is 0 Å². The van der Waals surface area contributed by atoms with Crippen LogP contribution in [0, 0.1) is 30.9 Å². The zero-order chi connectivity index (χ0) is 19.5. The first-order chi connectivity index (χ1) is 12.2. The largest absolute Gasteiger partial charge is 0.367 e. The molecule has 1 atom stereocenters. The van der Waals surface area contributed by atoms with E-state index in [1.54, 1.807) is 12.1 Å². The third kappa shape index (κ3) is 4.12. The number of non-ortho nitro benzene ring substituents is 1. The normalized spacial score (nSPS) is 12.7. The van der Waals surface area contributed by atoms with Gasteiger partial charge in [0.15, 0.2) is 5.78 Å². The summed E-state index contributed by atoms with van der Waals surface area (Å²) in [6, 6.07) is 9.89. The fraction of sp³-hybridized carbons (Fsp3) is 0.333. The number of nitrogens with one attached hydrogen (secondary N) is 1. The second-order valence-electron chi connectivity index (χ2n) is 6.07. The molecule has 0 fully saturated rings. The Morgan fingerprint density at radius 2 is 1.54 bits per heavy atom. The zero-order valence-corrected chi connectivity index (χ0v) is 16.4. The van der Waals surface area contributed by atoms with Gasteiger partial charge in [-0.15, -0.1) is 0 Å². The molecule has 1 N–H and O–H groups in total. The van der Waals surface area contributed by atoms with Crippen molar-refractivity contribution in [2.45, 2.75) is 26.6 Å². The van der Waals surface area contributed by atoms with E-state index in [0.717, 1.165) is 22.4 Å². The van der Waals surface area contributed by atoms with Gasteiger partial charge in [-0.1, -0.05) is 17.7 Å². The third-order valence-corrected chi connectivity index (χ3v) is 6.28. The number of hydrogen-bond acceptors (Lipinski definition) is 6. The number of nitro benzene ring substituents is 1. The maximum absolute atomic E-state index is 13.1. The molecule has 0 saturated carbocycles. The van der Waals surface area contributed by atoms with Gasteiger partial charge in [-0.3, -0.25) is 14.7 Å². The van der Waals surface area contributed by atoms with Crippen molar-refractivity contribution >= 4 is 19.0 Å². The molecule has 2 rings (SSSR count). The van der Waals surface area contributed by atoms with Gasteiger partial charge in [-0.2, -0.15) is 0 Å². The molecule has 0 aliphatic heterocycles. The molecular weight excluding hydrogens is 355 g/mol. The maximum Gasteiger partial charge on any atom is 0.356 e. The molecule has 0 radical (unpaired) electrons. The van der Waals surface area contributed by atoms with Gasteiger partial charge >= 0.3 is 7.60 Å². The predicted molar refractivity (Wildman–Crippen MR) is 102 cm³/mol. The minimum Gasteiger partial charge on any atom is -0.367 e. The van der Waals surface area contributed by atoms with Crippen LogP contribution in [-0.4, -0.2) is 19.1 Å². The van der Waals surface area contributed by atoms with Crippen LogP contribution in [0.1, 0.15) is 28.0 Å². The highest BCUT2D eigenvalue weighted by atomic mass is 31.2. The fourth-order valence-electron chi connectivity index (χ4n) is 2.95. The van der Waals surface area contributed by atoms with Crippen LogP contribution in [0.3, 0.4) is 0 Å². The Morgan fingerprint density at radius 1 is 1.04 bits per heavy atom. The topological polar surface area (TPSA) is 90.7 Å². The van der Waals surface area contributed by atoms with Crippen LogP contribution in [0.2, 0.25) is 0 Å². The van der Waals surface area contributed by atoms with Crippen molar-refractivity contribution in [2.75, 3.05) is 19.5 Å². The van der Waals surface area contributed by atoms with Crippen LogP contribution in [0.25, 0.3) is 0 Å². The van der Waals surface area contributed by atoms with Gasteiger partial charge in [0.05, 0.1) is 4.92 Å². The average molecular weight is 378 g/mol. The van der Waals surface area contributed by atoms with Gasteiger partial charge in [0.25, 0.3) is 5.69 Å². The molecule has 2 aromatic carbocycles. The molecule has 0 aromatic heterocycles. The summed E-state index contributed by atoms with van der Waals surface area (Å²) in [6.07, 6.45) is 0. The Morgan fingerprint density at radius 3 is 1.96 bits per heavy atom.